The number of hydrogen-bond acceptors (Lipinski definition) is 8. The molecule has 1 amide bonds. The van der Waals surface area contributed by atoms with Crippen LogP contribution in [0.15, 0.2) is 42.0 Å². The van der Waals surface area contributed by atoms with Gasteiger partial charge in [0.05, 0.1) is 7.11 Å². The molecule has 0 bridgehead atoms. The van der Waals surface area contributed by atoms with Gasteiger partial charge >= 0.3 is 6.18 Å². The standard InChI is InChI=1S/C25H23F3N4O4S/c1-4-16-9-15(2)10-19(12-16)35-7-8-36-20-6-5-17(13-21(20)34-3)11-18(14-29)22(33)30-24-32-31-23(37-24)25(26,27)28/h5-6,9-13H,4,7-8H2,1-3H3,(H,30,32,33)/b18-11-. The molecule has 0 aliphatic carbocycles. The third-order valence-electron chi connectivity index (χ3n) is 4.88. The number of aromatic nitrogens is 2. The van der Waals surface area contributed by atoms with Crippen LogP contribution in [0.2, 0.25) is 0 Å². The van der Waals surface area contributed by atoms with Crippen LogP contribution in [0, 0.1) is 18.3 Å². The molecule has 0 atom stereocenters. The molecule has 2 aromatic carbocycles. The Morgan fingerprint density at radius 3 is 2.54 bits per heavy atom. The zero-order valence-electron chi connectivity index (χ0n) is 20.2. The number of halogens is 3. The van der Waals surface area contributed by atoms with Crippen molar-refractivity contribution in [1.29, 1.82) is 5.26 Å². The van der Waals surface area contributed by atoms with Gasteiger partial charge in [0.2, 0.25) is 10.1 Å². The third-order valence-corrected chi connectivity index (χ3v) is 5.76. The molecular weight excluding hydrogens is 509 g/mol. The fourth-order valence-corrected chi connectivity index (χ4v) is 3.79. The first-order valence-corrected chi connectivity index (χ1v) is 11.8. The van der Waals surface area contributed by atoms with E-state index in [9.17, 15) is 23.2 Å². The van der Waals surface area contributed by atoms with Crippen molar-refractivity contribution >= 4 is 28.5 Å². The fraction of sp³-hybridized carbons (Fsp3) is 0.280. The molecule has 37 heavy (non-hydrogen) atoms. The molecule has 1 N–H and O–H groups in total. The van der Waals surface area contributed by atoms with Crippen molar-refractivity contribution in [1.82, 2.24) is 10.2 Å². The normalized spacial score (nSPS) is 11.5. The van der Waals surface area contributed by atoms with Gasteiger partial charge in [-0.3, -0.25) is 10.1 Å². The van der Waals surface area contributed by atoms with Crippen molar-refractivity contribution in [3.05, 3.63) is 63.7 Å². The summed E-state index contributed by atoms with van der Waals surface area (Å²) in [5.41, 5.74) is 2.38. The van der Waals surface area contributed by atoms with E-state index in [1.165, 1.54) is 18.7 Å². The van der Waals surface area contributed by atoms with Crippen LogP contribution in [0.4, 0.5) is 18.3 Å². The van der Waals surface area contributed by atoms with Gasteiger partial charge in [0.1, 0.15) is 30.6 Å². The summed E-state index contributed by atoms with van der Waals surface area (Å²) >= 11 is 0.158. The maximum atomic E-state index is 12.7. The van der Waals surface area contributed by atoms with Gasteiger partial charge in [0, 0.05) is 0 Å². The number of benzene rings is 2. The molecule has 0 spiro atoms. The number of alkyl halides is 3. The number of nitriles is 1. The van der Waals surface area contributed by atoms with Crippen molar-refractivity contribution in [3.63, 3.8) is 0 Å². The number of carbonyl (C=O) groups excluding carboxylic acids is 1. The fourth-order valence-electron chi connectivity index (χ4n) is 3.18. The Hall–Kier alpha value is -4.11. The Bertz CT molecular complexity index is 1330. The van der Waals surface area contributed by atoms with E-state index in [4.69, 9.17) is 14.2 Å². The van der Waals surface area contributed by atoms with Gasteiger partial charge in [0.25, 0.3) is 5.91 Å². The molecule has 0 saturated carbocycles. The van der Waals surface area contributed by atoms with Crippen LogP contribution < -0.4 is 19.5 Å². The number of carbonyl (C=O) groups is 1. The largest absolute Gasteiger partial charge is 0.493 e. The molecule has 12 heteroatoms. The number of hydrogen-bond donors (Lipinski definition) is 1. The molecule has 1 heterocycles. The third kappa shape index (κ3) is 7.68. The van der Waals surface area contributed by atoms with Crippen LogP contribution in [0.1, 0.15) is 28.6 Å². The number of rotatable bonds is 10. The number of nitrogens with one attached hydrogen (secondary N) is 1. The number of anilines is 1. The second kappa shape index (κ2) is 12.2. The monoisotopic (exact) mass is 532 g/mol. The van der Waals surface area contributed by atoms with Crippen LogP contribution >= 0.6 is 11.3 Å². The number of aryl methyl sites for hydroxylation is 2. The highest BCUT2D eigenvalue weighted by Crippen LogP contribution is 2.33. The summed E-state index contributed by atoms with van der Waals surface area (Å²) in [6, 6.07) is 12.5. The van der Waals surface area contributed by atoms with E-state index in [2.05, 4.69) is 28.5 Å². The Balaban J connectivity index is 1.63. The minimum atomic E-state index is -4.68. The van der Waals surface area contributed by atoms with Crippen molar-refractivity contribution < 1.29 is 32.2 Å². The maximum absolute atomic E-state index is 12.7. The van der Waals surface area contributed by atoms with E-state index >= 15 is 0 Å². The topological polar surface area (TPSA) is 106 Å². The van der Waals surface area contributed by atoms with Gasteiger partial charge in [0.15, 0.2) is 11.5 Å². The summed E-state index contributed by atoms with van der Waals surface area (Å²) in [4.78, 5) is 12.4. The van der Waals surface area contributed by atoms with E-state index in [-0.39, 0.29) is 28.6 Å². The quantitative estimate of drug-likeness (QED) is 0.211. The number of ether oxygens (including phenoxy) is 3. The first kappa shape index (κ1) is 27.5. The smallest absolute Gasteiger partial charge is 0.445 e. The van der Waals surface area contributed by atoms with Crippen molar-refractivity contribution in [2.24, 2.45) is 0 Å². The minimum Gasteiger partial charge on any atom is -0.493 e. The van der Waals surface area contributed by atoms with Gasteiger partial charge in [-0.15, -0.1) is 10.2 Å². The molecule has 0 aliphatic heterocycles. The summed E-state index contributed by atoms with van der Waals surface area (Å²) in [5, 5.41) is 16.2. The Kier molecular flexibility index (Phi) is 9.08. The lowest BCUT2D eigenvalue weighted by molar-refractivity contribution is -0.138. The summed E-state index contributed by atoms with van der Waals surface area (Å²) in [5.74, 6) is 0.622. The molecule has 0 radical (unpaired) electrons. The Morgan fingerprint density at radius 1 is 1.14 bits per heavy atom. The maximum Gasteiger partial charge on any atom is 0.445 e. The molecular formula is C25H23F3N4O4S. The average molecular weight is 533 g/mol. The molecule has 3 rings (SSSR count). The molecule has 194 valence electrons. The van der Waals surface area contributed by atoms with Crippen molar-refractivity contribution in [2.75, 3.05) is 25.6 Å². The number of amides is 1. The zero-order chi connectivity index (χ0) is 27.0. The number of methoxy groups -OCH3 is 1. The van der Waals surface area contributed by atoms with E-state index in [0.717, 1.165) is 17.7 Å². The summed E-state index contributed by atoms with van der Waals surface area (Å²) in [6.07, 6.45) is -2.51. The van der Waals surface area contributed by atoms with E-state index in [1.807, 2.05) is 19.1 Å². The second-order valence-corrected chi connectivity index (χ2v) is 8.63. The van der Waals surface area contributed by atoms with Crippen LogP contribution in [0.5, 0.6) is 17.2 Å². The Morgan fingerprint density at radius 2 is 1.89 bits per heavy atom. The first-order valence-electron chi connectivity index (χ1n) is 11.0. The summed E-state index contributed by atoms with van der Waals surface area (Å²) in [7, 11) is 1.44. The zero-order valence-corrected chi connectivity index (χ0v) is 21.0. The van der Waals surface area contributed by atoms with Gasteiger partial charge < -0.3 is 14.2 Å². The van der Waals surface area contributed by atoms with Gasteiger partial charge in [-0.05, 0) is 60.4 Å². The summed E-state index contributed by atoms with van der Waals surface area (Å²) in [6.45, 7) is 4.63. The van der Waals surface area contributed by atoms with Crippen molar-refractivity contribution in [3.8, 4) is 23.3 Å². The summed E-state index contributed by atoms with van der Waals surface area (Å²) < 4.78 is 54.9. The minimum absolute atomic E-state index is 0.158. The SMILES string of the molecule is CCc1cc(C)cc(OCCOc2ccc(/C=C(/C#N)C(=O)Nc3nnc(C(F)(F)F)s3)cc2OC)c1. The van der Waals surface area contributed by atoms with Crippen LogP contribution in [-0.2, 0) is 17.4 Å². The van der Waals surface area contributed by atoms with Gasteiger partial charge in [-0.25, -0.2) is 0 Å². The highest BCUT2D eigenvalue weighted by molar-refractivity contribution is 7.15. The highest BCUT2D eigenvalue weighted by Gasteiger charge is 2.35. The van der Waals surface area contributed by atoms with Crippen LogP contribution in [0.25, 0.3) is 6.08 Å². The molecule has 0 saturated heterocycles. The van der Waals surface area contributed by atoms with Crippen LogP contribution in [-0.4, -0.2) is 36.4 Å². The Labute approximate surface area is 215 Å². The van der Waals surface area contributed by atoms with E-state index < -0.39 is 17.1 Å². The molecule has 0 fully saturated rings. The number of nitrogens with zero attached hydrogens (tertiary/aromatic N) is 3. The average Bonchev–Trinajstić information content (AvgIpc) is 3.34. The predicted molar refractivity (Wildman–Crippen MR) is 132 cm³/mol. The predicted octanol–water partition coefficient (Wildman–Crippen LogP) is 5.44. The van der Waals surface area contributed by atoms with Gasteiger partial charge in [-0.1, -0.05) is 30.4 Å². The molecule has 1 aromatic heterocycles. The molecule has 3 aromatic rings. The lowest BCUT2D eigenvalue weighted by atomic mass is 10.1. The van der Waals surface area contributed by atoms with E-state index in [0.29, 0.717) is 23.7 Å². The lowest BCUT2D eigenvalue weighted by Crippen LogP contribution is -2.13. The molecule has 0 aliphatic rings. The second-order valence-electron chi connectivity index (χ2n) is 7.65. The molecule has 0 unspecified atom stereocenters. The molecule has 8 nitrogen and oxygen atoms in total. The van der Waals surface area contributed by atoms with Crippen molar-refractivity contribution in [2.45, 2.75) is 26.4 Å². The highest BCUT2D eigenvalue weighted by atomic mass is 32.1. The van der Waals surface area contributed by atoms with Gasteiger partial charge in [-0.2, -0.15) is 18.4 Å². The first-order chi connectivity index (χ1) is 17.6. The van der Waals surface area contributed by atoms with E-state index in [1.54, 1.807) is 24.3 Å². The van der Waals surface area contributed by atoms with Crippen LogP contribution in [0.3, 0.4) is 0 Å². The lowest BCUT2D eigenvalue weighted by Gasteiger charge is -2.13.